The van der Waals surface area contributed by atoms with Gasteiger partial charge in [-0.3, -0.25) is 0 Å². The van der Waals surface area contributed by atoms with Crippen molar-refractivity contribution in [1.29, 1.82) is 0 Å². The maximum Gasteiger partial charge on any atom is 0.244 e. The molecule has 0 saturated carbocycles. The van der Waals surface area contributed by atoms with Gasteiger partial charge in [0.05, 0.1) is 0 Å². The molecule has 0 radical (unpaired) electrons. The third kappa shape index (κ3) is 3.61. The van der Waals surface area contributed by atoms with E-state index in [1.54, 1.807) is 37.6 Å². The molecule has 0 amide bonds. The van der Waals surface area contributed by atoms with Crippen molar-refractivity contribution in [3.8, 4) is 0 Å². The van der Waals surface area contributed by atoms with Gasteiger partial charge in [-0.25, -0.2) is 13.4 Å². The summed E-state index contributed by atoms with van der Waals surface area (Å²) in [4.78, 5) is 5.45. The van der Waals surface area contributed by atoms with Gasteiger partial charge in [-0.05, 0) is 36.9 Å². The fourth-order valence-corrected chi connectivity index (χ4v) is 4.07. The molecular formula is C14H19N3O2S2. The van der Waals surface area contributed by atoms with Crippen molar-refractivity contribution < 1.29 is 8.42 Å². The predicted octanol–water partition coefficient (Wildman–Crippen LogP) is 2.44. The lowest BCUT2D eigenvalue weighted by molar-refractivity contribution is 0.388. The van der Waals surface area contributed by atoms with Crippen LogP contribution in [0, 0.1) is 0 Å². The Kier molecular flexibility index (Phi) is 4.97. The van der Waals surface area contributed by atoms with Crippen LogP contribution in [0.5, 0.6) is 0 Å². The van der Waals surface area contributed by atoms with E-state index >= 15 is 0 Å². The summed E-state index contributed by atoms with van der Waals surface area (Å²) in [5, 5.41) is 4.87. The minimum Gasteiger partial charge on any atom is -0.373 e. The zero-order valence-corrected chi connectivity index (χ0v) is 13.9. The van der Waals surface area contributed by atoms with Crippen molar-refractivity contribution in [2.24, 2.45) is 0 Å². The first-order valence-corrected chi connectivity index (χ1v) is 8.91. The summed E-state index contributed by atoms with van der Waals surface area (Å²) < 4.78 is 26.5. The Labute approximate surface area is 129 Å². The van der Waals surface area contributed by atoms with Crippen LogP contribution in [0.25, 0.3) is 0 Å². The van der Waals surface area contributed by atoms with Crippen molar-refractivity contribution in [2.75, 3.05) is 19.4 Å². The van der Waals surface area contributed by atoms with E-state index in [-0.39, 0.29) is 10.9 Å². The Bertz CT molecular complexity index is 667. The molecule has 0 bridgehead atoms. The topological polar surface area (TPSA) is 62.3 Å². The first-order valence-electron chi connectivity index (χ1n) is 6.59. The molecule has 0 fully saturated rings. The Morgan fingerprint density at radius 1 is 1.38 bits per heavy atom. The standard InChI is InChI=1S/C14H19N3O2S2/c1-11(9-12-5-4-8-20-12)17(3)21(18,19)13-6-7-14(15-2)16-10-13/h4-8,10-11H,9H2,1-3H3,(H,15,16). The van der Waals surface area contributed by atoms with Gasteiger partial charge in [0.15, 0.2) is 0 Å². The third-order valence-electron chi connectivity index (χ3n) is 3.37. The quantitative estimate of drug-likeness (QED) is 0.886. The van der Waals surface area contributed by atoms with E-state index in [4.69, 9.17) is 0 Å². The fraction of sp³-hybridized carbons (Fsp3) is 0.357. The molecular weight excluding hydrogens is 306 g/mol. The normalized spacial score (nSPS) is 13.3. The molecule has 1 N–H and O–H groups in total. The number of nitrogens with one attached hydrogen (secondary N) is 1. The van der Waals surface area contributed by atoms with Gasteiger partial charge in [0, 0.05) is 31.2 Å². The van der Waals surface area contributed by atoms with Crippen molar-refractivity contribution in [2.45, 2.75) is 24.3 Å². The summed E-state index contributed by atoms with van der Waals surface area (Å²) in [6.07, 6.45) is 2.09. The highest BCUT2D eigenvalue weighted by Gasteiger charge is 2.25. The van der Waals surface area contributed by atoms with Crippen LogP contribution in [0.4, 0.5) is 5.82 Å². The van der Waals surface area contributed by atoms with E-state index in [1.807, 2.05) is 24.4 Å². The van der Waals surface area contributed by atoms with Crippen LogP contribution in [0.3, 0.4) is 0 Å². The van der Waals surface area contributed by atoms with Gasteiger partial charge in [0.1, 0.15) is 10.7 Å². The second-order valence-corrected chi connectivity index (χ2v) is 7.81. The fourth-order valence-electron chi connectivity index (χ4n) is 1.93. The smallest absolute Gasteiger partial charge is 0.244 e. The highest BCUT2D eigenvalue weighted by Crippen LogP contribution is 2.20. The van der Waals surface area contributed by atoms with Gasteiger partial charge in [-0.1, -0.05) is 6.07 Å². The van der Waals surface area contributed by atoms with Crippen molar-refractivity contribution in [3.63, 3.8) is 0 Å². The molecule has 2 rings (SSSR count). The summed E-state index contributed by atoms with van der Waals surface area (Å²) in [5.74, 6) is 0.642. The zero-order chi connectivity index (χ0) is 15.5. The van der Waals surface area contributed by atoms with Crippen molar-refractivity contribution in [1.82, 2.24) is 9.29 Å². The molecule has 2 aromatic rings. The summed E-state index contributed by atoms with van der Waals surface area (Å²) in [7, 11) is -0.166. The van der Waals surface area contributed by atoms with Crippen molar-refractivity contribution >= 4 is 27.2 Å². The number of nitrogens with zero attached hydrogens (tertiary/aromatic N) is 2. The van der Waals surface area contributed by atoms with Crippen LogP contribution >= 0.6 is 11.3 Å². The van der Waals surface area contributed by atoms with Gasteiger partial charge in [0.25, 0.3) is 0 Å². The molecule has 2 heterocycles. The lowest BCUT2D eigenvalue weighted by Crippen LogP contribution is -2.36. The molecule has 114 valence electrons. The van der Waals surface area contributed by atoms with Gasteiger partial charge in [-0.15, -0.1) is 11.3 Å². The van der Waals surface area contributed by atoms with Crippen LogP contribution < -0.4 is 5.32 Å². The van der Waals surface area contributed by atoms with Crippen molar-refractivity contribution in [3.05, 3.63) is 40.7 Å². The number of anilines is 1. The molecule has 21 heavy (non-hydrogen) atoms. The number of rotatable bonds is 6. The number of pyridine rings is 1. The van der Waals surface area contributed by atoms with E-state index < -0.39 is 10.0 Å². The molecule has 5 nitrogen and oxygen atoms in total. The highest BCUT2D eigenvalue weighted by atomic mass is 32.2. The minimum absolute atomic E-state index is 0.113. The molecule has 0 spiro atoms. The Morgan fingerprint density at radius 2 is 2.14 bits per heavy atom. The molecule has 0 aliphatic rings. The number of likely N-dealkylation sites (N-methyl/N-ethyl adjacent to an activating group) is 1. The Hall–Kier alpha value is -1.44. The average molecular weight is 325 g/mol. The largest absolute Gasteiger partial charge is 0.373 e. The van der Waals surface area contributed by atoms with Crippen LogP contribution in [0.15, 0.2) is 40.7 Å². The summed E-state index contributed by atoms with van der Waals surface area (Å²) in [6.45, 7) is 1.91. The molecule has 2 aromatic heterocycles. The lowest BCUT2D eigenvalue weighted by atomic mass is 10.2. The maximum atomic E-state index is 12.6. The summed E-state index contributed by atoms with van der Waals surface area (Å²) in [5.41, 5.74) is 0. The SMILES string of the molecule is CNc1ccc(S(=O)(=O)N(C)C(C)Cc2cccs2)cn1. The second-order valence-electron chi connectivity index (χ2n) is 4.78. The number of aromatic nitrogens is 1. The van der Waals surface area contributed by atoms with E-state index in [0.29, 0.717) is 12.2 Å². The highest BCUT2D eigenvalue weighted by molar-refractivity contribution is 7.89. The Balaban J connectivity index is 2.16. The van der Waals surface area contributed by atoms with E-state index in [9.17, 15) is 8.42 Å². The van der Waals surface area contributed by atoms with E-state index in [1.165, 1.54) is 15.4 Å². The van der Waals surface area contributed by atoms with Crippen LogP contribution in [-0.4, -0.2) is 37.8 Å². The number of thiophene rings is 1. The zero-order valence-electron chi connectivity index (χ0n) is 12.3. The van der Waals surface area contributed by atoms with Gasteiger partial charge in [-0.2, -0.15) is 4.31 Å². The average Bonchev–Trinajstić information content (AvgIpc) is 2.99. The number of hydrogen-bond donors (Lipinski definition) is 1. The number of hydrogen-bond acceptors (Lipinski definition) is 5. The third-order valence-corrected chi connectivity index (χ3v) is 6.22. The van der Waals surface area contributed by atoms with Gasteiger partial charge in [0.2, 0.25) is 10.0 Å². The summed E-state index contributed by atoms with van der Waals surface area (Å²) in [6, 6.07) is 7.11. The first-order chi connectivity index (χ1) is 9.95. The molecule has 0 saturated heterocycles. The molecule has 7 heteroatoms. The minimum atomic E-state index is -3.52. The van der Waals surface area contributed by atoms with E-state index in [0.717, 1.165) is 0 Å². The maximum absolute atomic E-state index is 12.6. The van der Waals surface area contributed by atoms with Gasteiger partial charge < -0.3 is 5.32 Å². The first kappa shape index (κ1) is 15.9. The molecule has 0 aromatic carbocycles. The van der Waals surface area contributed by atoms with Crippen LogP contribution in [0.1, 0.15) is 11.8 Å². The summed E-state index contributed by atoms with van der Waals surface area (Å²) >= 11 is 1.64. The van der Waals surface area contributed by atoms with Gasteiger partial charge >= 0.3 is 0 Å². The Morgan fingerprint density at radius 3 is 2.67 bits per heavy atom. The molecule has 1 atom stereocenters. The second kappa shape index (κ2) is 6.55. The number of sulfonamides is 1. The molecule has 0 aliphatic heterocycles. The molecule has 0 aliphatic carbocycles. The van der Waals surface area contributed by atoms with E-state index in [2.05, 4.69) is 10.3 Å². The predicted molar refractivity (Wildman–Crippen MR) is 86.2 cm³/mol. The van der Waals surface area contributed by atoms with Crippen LogP contribution in [-0.2, 0) is 16.4 Å². The van der Waals surface area contributed by atoms with Crippen LogP contribution in [0.2, 0.25) is 0 Å². The molecule has 1 unspecified atom stereocenters. The lowest BCUT2D eigenvalue weighted by Gasteiger charge is -2.23. The monoisotopic (exact) mass is 325 g/mol.